The lowest BCUT2D eigenvalue weighted by atomic mass is 10.2. The van der Waals surface area contributed by atoms with Crippen molar-refractivity contribution in [3.63, 3.8) is 0 Å². The summed E-state index contributed by atoms with van der Waals surface area (Å²) in [4.78, 5) is 10.4. The van der Waals surface area contributed by atoms with E-state index in [1.54, 1.807) is 0 Å². The first-order valence-corrected chi connectivity index (χ1v) is 4.08. The fraction of sp³-hybridized carbons (Fsp3) is 0.300. The Balaban J connectivity index is 2.24. The molecule has 1 aromatic rings. The molecule has 0 amide bonds. The van der Waals surface area contributed by atoms with E-state index in [0.29, 0.717) is 6.42 Å². The Bertz CT molecular complexity index is 259. The zero-order chi connectivity index (χ0) is 9.52. The normalized spacial score (nSPS) is 9.62. The molecule has 0 aliphatic rings. The van der Waals surface area contributed by atoms with Gasteiger partial charge in [0, 0.05) is 6.42 Å². The number of ether oxygens (including phenoxy) is 1. The SMILES string of the molecule is O=C(CF)OCCc1ccccc1. The minimum Gasteiger partial charge on any atom is -0.463 e. The number of hydrogen-bond acceptors (Lipinski definition) is 2. The van der Waals surface area contributed by atoms with Crippen LogP contribution in [0.3, 0.4) is 0 Å². The van der Waals surface area contributed by atoms with Gasteiger partial charge in [0.2, 0.25) is 0 Å². The van der Waals surface area contributed by atoms with Crippen molar-refractivity contribution in [2.24, 2.45) is 0 Å². The number of benzene rings is 1. The number of rotatable bonds is 4. The molecule has 0 saturated heterocycles. The molecule has 0 saturated carbocycles. The second-order valence-electron chi connectivity index (χ2n) is 2.59. The third kappa shape index (κ3) is 3.69. The van der Waals surface area contributed by atoms with E-state index in [4.69, 9.17) is 0 Å². The summed E-state index contributed by atoms with van der Waals surface area (Å²) in [5.74, 6) is -0.795. The summed E-state index contributed by atoms with van der Waals surface area (Å²) in [6.45, 7) is -0.804. The first-order chi connectivity index (χ1) is 6.33. The summed E-state index contributed by atoms with van der Waals surface area (Å²) in [5, 5.41) is 0. The number of esters is 1. The molecule has 1 aromatic carbocycles. The first kappa shape index (κ1) is 9.71. The van der Waals surface area contributed by atoms with E-state index in [0.717, 1.165) is 5.56 Å². The highest BCUT2D eigenvalue weighted by Gasteiger charge is 1.99. The van der Waals surface area contributed by atoms with Crippen molar-refractivity contribution in [2.45, 2.75) is 6.42 Å². The molecule has 0 N–H and O–H groups in total. The first-order valence-electron chi connectivity index (χ1n) is 4.08. The molecule has 0 bridgehead atoms. The minimum atomic E-state index is -1.05. The van der Waals surface area contributed by atoms with Gasteiger partial charge in [0.05, 0.1) is 6.61 Å². The van der Waals surface area contributed by atoms with Gasteiger partial charge in [-0.05, 0) is 5.56 Å². The quantitative estimate of drug-likeness (QED) is 0.663. The van der Waals surface area contributed by atoms with Gasteiger partial charge in [0.25, 0.3) is 0 Å². The highest BCUT2D eigenvalue weighted by Crippen LogP contribution is 1.99. The Morgan fingerprint density at radius 1 is 1.31 bits per heavy atom. The molecule has 0 aliphatic carbocycles. The Morgan fingerprint density at radius 3 is 2.62 bits per heavy atom. The van der Waals surface area contributed by atoms with Crippen LogP contribution in [0, 0.1) is 0 Å². The van der Waals surface area contributed by atoms with Gasteiger partial charge < -0.3 is 4.74 Å². The van der Waals surface area contributed by atoms with Gasteiger partial charge in [-0.3, -0.25) is 0 Å². The lowest BCUT2D eigenvalue weighted by Gasteiger charge is -2.01. The number of hydrogen-bond donors (Lipinski definition) is 0. The lowest BCUT2D eigenvalue weighted by Crippen LogP contribution is -2.08. The fourth-order valence-corrected chi connectivity index (χ4v) is 0.966. The molecule has 0 unspecified atom stereocenters. The summed E-state index contributed by atoms with van der Waals surface area (Å²) in [6, 6.07) is 9.60. The van der Waals surface area contributed by atoms with Crippen LogP contribution >= 0.6 is 0 Å². The Kier molecular flexibility index (Phi) is 3.96. The average Bonchev–Trinajstić information content (AvgIpc) is 2.19. The maximum Gasteiger partial charge on any atom is 0.337 e. The fourth-order valence-electron chi connectivity index (χ4n) is 0.966. The summed E-state index contributed by atoms with van der Waals surface area (Å²) in [7, 11) is 0. The van der Waals surface area contributed by atoms with Gasteiger partial charge in [-0.25, -0.2) is 9.18 Å². The van der Waals surface area contributed by atoms with Gasteiger partial charge in [0.15, 0.2) is 6.67 Å². The molecule has 2 nitrogen and oxygen atoms in total. The predicted molar refractivity (Wildman–Crippen MR) is 47.1 cm³/mol. The van der Waals surface area contributed by atoms with Crippen LogP contribution in [-0.4, -0.2) is 19.3 Å². The van der Waals surface area contributed by atoms with E-state index in [9.17, 15) is 9.18 Å². The second kappa shape index (κ2) is 5.30. The van der Waals surface area contributed by atoms with E-state index >= 15 is 0 Å². The van der Waals surface area contributed by atoms with Crippen molar-refractivity contribution >= 4 is 5.97 Å². The van der Waals surface area contributed by atoms with Crippen LogP contribution in [0.4, 0.5) is 4.39 Å². The number of halogens is 1. The number of alkyl halides is 1. The topological polar surface area (TPSA) is 26.3 Å². The van der Waals surface area contributed by atoms with Crippen LogP contribution < -0.4 is 0 Å². The van der Waals surface area contributed by atoms with Crippen LogP contribution in [0.5, 0.6) is 0 Å². The molecule has 0 heterocycles. The Morgan fingerprint density at radius 2 is 2.00 bits per heavy atom. The molecule has 3 heteroatoms. The summed E-state index contributed by atoms with van der Waals surface area (Å²) in [6.07, 6.45) is 0.632. The molecule has 0 spiro atoms. The predicted octanol–water partition coefficient (Wildman–Crippen LogP) is 1.74. The maximum absolute atomic E-state index is 11.6. The molecule has 0 atom stereocenters. The van der Waals surface area contributed by atoms with Crippen molar-refractivity contribution in [1.82, 2.24) is 0 Å². The van der Waals surface area contributed by atoms with Gasteiger partial charge in [-0.15, -0.1) is 0 Å². The standard InChI is InChI=1S/C10H11FO2/c11-8-10(12)13-7-6-9-4-2-1-3-5-9/h1-5H,6-8H2. The smallest absolute Gasteiger partial charge is 0.337 e. The molecular weight excluding hydrogens is 171 g/mol. The van der Waals surface area contributed by atoms with E-state index in [1.807, 2.05) is 30.3 Å². The molecule has 0 fully saturated rings. The zero-order valence-corrected chi connectivity index (χ0v) is 7.20. The van der Waals surface area contributed by atoms with Crippen LogP contribution in [0.15, 0.2) is 30.3 Å². The van der Waals surface area contributed by atoms with Gasteiger partial charge in [0.1, 0.15) is 0 Å². The summed E-state index contributed by atoms with van der Waals surface area (Å²) < 4.78 is 16.2. The molecule has 70 valence electrons. The third-order valence-electron chi connectivity index (χ3n) is 1.61. The molecule has 1 rings (SSSR count). The van der Waals surface area contributed by atoms with Crippen LogP contribution in [0.2, 0.25) is 0 Å². The van der Waals surface area contributed by atoms with Crippen LogP contribution in [-0.2, 0) is 16.0 Å². The molecule has 13 heavy (non-hydrogen) atoms. The monoisotopic (exact) mass is 182 g/mol. The zero-order valence-electron chi connectivity index (χ0n) is 7.20. The second-order valence-corrected chi connectivity index (χ2v) is 2.59. The van der Waals surface area contributed by atoms with Crippen molar-refractivity contribution in [3.05, 3.63) is 35.9 Å². The number of carbonyl (C=O) groups is 1. The van der Waals surface area contributed by atoms with E-state index < -0.39 is 12.6 Å². The van der Waals surface area contributed by atoms with Gasteiger partial charge >= 0.3 is 5.97 Å². The largest absolute Gasteiger partial charge is 0.463 e. The van der Waals surface area contributed by atoms with E-state index in [-0.39, 0.29) is 6.61 Å². The highest BCUT2D eigenvalue weighted by atomic mass is 19.1. The van der Waals surface area contributed by atoms with E-state index in [1.165, 1.54) is 0 Å². The maximum atomic E-state index is 11.6. The molecule has 0 radical (unpaired) electrons. The Hall–Kier alpha value is -1.38. The average molecular weight is 182 g/mol. The van der Waals surface area contributed by atoms with Crippen molar-refractivity contribution in [3.8, 4) is 0 Å². The van der Waals surface area contributed by atoms with Crippen LogP contribution in [0.1, 0.15) is 5.56 Å². The summed E-state index contributed by atoms with van der Waals surface area (Å²) in [5.41, 5.74) is 1.08. The Labute approximate surface area is 76.3 Å². The molecule has 0 aromatic heterocycles. The minimum absolute atomic E-state index is 0.243. The number of carbonyl (C=O) groups excluding carboxylic acids is 1. The molecular formula is C10H11FO2. The van der Waals surface area contributed by atoms with Crippen molar-refractivity contribution in [1.29, 1.82) is 0 Å². The van der Waals surface area contributed by atoms with Crippen molar-refractivity contribution in [2.75, 3.05) is 13.3 Å². The third-order valence-corrected chi connectivity index (χ3v) is 1.61. The van der Waals surface area contributed by atoms with Gasteiger partial charge in [-0.1, -0.05) is 30.3 Å². The van der Waals surface area contributed by atoms with Gasteiger partial charge in [-0.2, -0.15) is 0 Å². The lowest BCUT2D eigenvalue weighted by molar-refractivity contribution is -0.144. The van der Waals surface area contributed by atoms with Crippen LogP contribution in [0.25, 0.3) is 0 Å². The van der Waals surface area contributed by atoms with Crippen molar-refractivity contribution < 1.29 is 13.9 Å². The summed E-state index contributed by atoms with van der Waals surface area (Å²) >= 11 is 0. The molecule has 0 aliphatic heterocycles. The highest BCUT2D eigenvalue weighted by molar-refractivity contribution is 5.70. The van der Waals surface area contributed by atoms with E-state index in [2.05, 4.69) is 4.74 Å².